The molecule has 1 aromatic carbocycles. The molecule has 0 saturated carbocycles. The van der Waals surface area contributed by atoms with Crippen molar-refractivity contribution < 1.29 is 13.9 Å². The van der Waals surface area contributed by atoms with Gasteiger partial charge in [0.05, 0.1) is 6.10 Å². The number of halogens is 1. The number of para-hydroxylation sites is 1. The largest absolute Gasteiger partial charge is 0.487 e. The molecular weight excluding hydrogens is 233 g/mol. The van der Waals surface area contributed by atoms with Crippen molar-refractivity contribution in [1.29, 1.82) is 0 Å². The quantitative estimate of drug-likeness (QED) is 0.897. The predicted molar refractivity (Wildman–Crippen MR) is 68.1 cm³/mol. The highest BCUT2D eigenvalue weighted by Gasteiger charge is 2.18. The molecule has 0 aromatic heterocycles. The lowest BCUT2D eigenvalue weighted by Crippen LogP contribution is -2.26. The van der Waals surface area contributed by atoms with Gasteiger partial charge < -0.3 is 15.2 Å². The SMILES string of the molecule is C[C@H](N)c1cccc(F)c1OCC1CCCCO1. The summed E-state index contributed by atoms with van der Waals surface area (Å²) in [6, 6.07) is 4.59. The van der Waals surface area contributed by atoms with Crippen LogP contribution in [0.15, 0.2) is 18.2 Å². The normalized spacial score (nSPS) is 21.6. The molecule has 0 radical (unpaired) electrons. The summed E-state index contributed by atoms with van der Waals surface area (Å²) in [4.78, 5) is 0. The number of hydrogen-bond acceptors (Lipinski definition) is 3. The van der Waals surface area contributed by atoms with Crippen LogP contribution in [0.3, 0.4) is 0 Å². The van der Waals surface area contributed by atoms with E-state index in [1.165, 1.54) is 6.07 Å². The van der Waals surface area contributed by atoms with E-state index in [1.54, 1.807) is 12.1 Å². The van der Waals surface area contributed by atoms with Crippen LogP contribution in [0.2, 0.25) is 0 Å². The summed E-state index contributed by atoms with van der Waals surface area (Å²) in [6.45, 7) is 2.98. The molecule has 0 spiro atoms. The third kappa shape index (κ3) is 3.21. The summed E-state index contributed by atoms with van der Waals surface area (Å²) in [5.74, 6) is -0.0951. The summed E-state index contributed by atoms with van der Waals surface area (Å²) in [5.41, 5.74) is 6.51. The van der Waals surface area contributed by atoms with Gasteiger partial charge in [0.25, 0.3) is 0 Å². The number of rotatable bonds is 4. The average molecular weight is 253 g/mol. The molecule has 2 atom stereocenters. The molecule has 18 heavy (non-hydrogen) atoms. The van der Waals surface area contributed by atoms with Crippen molar-refractivity contribution in [3.05, 3.63) is 29.6 Å². The Kier molecular flexibility index (Phi) is 4.55. The van der Waals surface area contributed by atoms with Crippen LogP contribution in [-0.2, 0) is 4.74 Å². The first-order valence-corrected chi connectivity index (χ1v) is 6.47. The number of hydrogen-bond donors (Lipinski definition) is 1. The fraction of sp³-hybridized carbons (Fsp3) is 0.571. The van der Waals surface area contributed by atoms with Gasteiger partial charge in [0.2, 0.25) is 0 Å². The van der Waals surface area contributed by atoms with E-state index in [4.69, 9.17) is 15.2 Å². The van der Waals surface area contributed by atoms with Crippen LogP contribution >= 0.6 is 0 Å². The summed E-state index contributed by atoms with van der Waals surface area (Å²) in [5, 5.41) is 0. The molecule has 1 aliphatic rings. The lowest BCUT2D eigenvalue weighted by molar-refractivity contribution is -0.0119. The third-order valence-corrected chi connectivity index (χ3v) is 3.18. The summed E-state index contributed by atoms with van der Waals surface area (Å²) < 4.78 is 24.9. The zero-order chi connectivity index (χ0) is 13.0. The van der Waals surface area contributed by atoms with Crippen LogP contribution in [0, 0.1) is 5.82 Å². The second-order valence-electron chi connectivity index (χ2n) is 4.75. The van der Waals surface area contributed by atoms with Crippen LogP contribution in [0.25, 0.3) is 0 Å². The number of benzene rings is 1. The Balaban J connectivity index is 2.03. The standard InChI is InChI=1S/C14H20FNO2/c1-10(16)12-6-4-7-13(15)14(12)18-9-11-5-2-3-8-17-11/h4,6-7,10-11H,2-3,5,8-9,16H2,1H3/t10-,11?/m0/s1. The molecule has 1 heterocycles. The second kappa shape index (κ2) is 6.16. The zero-order valence-electron chi connectivity index (χ0n) is 10.7. The Bertz CT molecular complexity index is 389. The van der Waals surface area contributed by atoms with Crippen molar-refractivity contribution >= 4 is 0 Å². The minimum atomic E-state index is -0.361. The molecule has 4 heteroatoms. The number of nitrogens with two attached hydrogens (primary N) is 1. The molecule has 1 aliphatic heterocycles. The zero-order valence-corrected chi connectivity index (χ0v) is 10.7. The van der Waals surface area contributed by atoms with E-state index >= 15 is 0 Å². The molecule has 1 aromatic rings. The molecule has 1 unspecified atom stereocenters. The Morgan fingerprint density at radius 1 is 1.50 bits per heavy atom. The van der Waals surface area contributed by atoms with Gasteiger partial charge in [0.15, 0.2) is 11.6 Å². The molecule has 0 aliphatic carbocycles. The molecule has 0 amide bonds. The first-order chi connectivity index (χ1) is 8.68. The Hall–Kier alpha value is -1.13. The lowest BCUT2D eigenvalue weighted by atomic mass is 10.1. The van der Waals surface area contributed by atoms with Crippen molar-refractivity contribution in [1.82, 2.24) is 0 Å². The summed E-state index contributed by atoms with van der Waals surface area (Å²) in [6.07, 6.45) is 3.29. The smallest absolute Gasteiger partial charge is 0.165 e. The molecule has 3 nitrogen and oxygen atoms in total. The second-order valence-corrected chi connectivity index (χ2v) is 4.75. The minimum absolute atomic E-state index is 0.0688. The predicted octanol–water partition coefficient (Wildman–Crippen LogP) is 2.79. The van der Waals surface area contributed by atoms with Gasteiger partial charge in [0, 0.05) is 18.2 Å². The monoisotopic (exact) mass is 253 g/mol. The Labute approximate surface area is 107 Å². The third-order valence-electron chi connectivity index (χ3n) is 3.18. The van der Waals surface area contributed by atoms with Crippen LogP contribution in [0.4, 0.5) is 4.39 Å². The highest BCUT2D eigenvalue weighted by Crippen LogP contribution is 2.27. The van der Waals surface area contributed by atoms with Gasteiger partial charge in [-0.1, -0.05) is 12.1 Å². The van der Waals surface area contributed by atoms with E-state index in [-0.39, 0.29) is 23.7 Å². The highest BCUT2D eigenvalue weighted by molar-refractivity contribution is 5.36. The topological polar surface area (TPSA) is 44.5 Å². The summed E-state index contributed by atoms with van der Waals surface area (Å²) in [7, 11) is 0. The fourth-order valence-corrected chi connectivity index (χ4v) is 2.15. The van der Waals surface area contributed by atoms with Gasteiger partial charge in [-0.3, -0.25) is 0 Å². The Morgan fingerprint density at radius 3 is 3.00 bits per heavy atom. The molecule has 0 bridgehead atoms. The van der Waals surface area contributed by atoms with Gasteiger partial charge in [0.1, 0.15) is 6.61 Å². The highest BCUT2D eigenvalue weighted by atomic mass is 19.1. The van der Waals surface area contributed by atoms with Gasteiger partial charge >= 0.3 is 0 Å². The molecule has 1 saturated heterocycles. The van der Waals surface area contributed by atoms with Gasteiger partial charge in [-0.2, -0.15) is 0 Å². The molecule has 2 N–H and O–H groups in total. The van der Waals surface area contributed by atoms with E-state index in [0.29, 0.717) is 12.2 Å². The van der Waals surface area contributed by atoms with Gasteiger partial charge in [-0.05, 0) is 32.3 Å². The van der Waals surface area contributed by atoms with Crippen LogP contribution < -0.4 is 10.5 Å². The van der Waals surface area contributed by atoms with Crippen LogP contribution in [-0.4, -0.2) is 19.3 Å². The maximum Gasteiger partial charge on any atom is 0.165 e. The van der Waals surface area contributed by atoms with E-state index in [9.17, 15) is 4.39 Å². The molecular formula is C14H20FNO2. The van der Waals surface area contributed by atoms with Gasteiger partial charge in [-0.25, -0.2) is 4.39 Å². The van der Waals surface area contributed by atoms with Crippen LogP contribution in [0.5, 0.6) is 5.75 Å². The first kappa shape index (κ1) is 13.3. The van der Waals surface area contributed by atoms with Crippen molar-refractivity contribution in [2.75, 3.05) is 13.2 Å². The van der Waals surface area contributed by atoms with Gasteiger partial charge in [-0.15, -0.1) is 0 Å². The number of ether oxygens (including phenoxy) is 2. The maximum atomic E-state index is 13.7. The molecule has 1 fully saturated rings. The molecule has 100 valence electrons. The lowest BCUT2D eigenvalue weighted by Gasteiger charge is -2.23. The van der Waals surface area contributed by atoms with E-state index in [0.717, 1.165) is 25.9 Å². The van der Waals surface area contributed by atoms with E-state index in [1.807, 2.05) is 6.92 Å². The molecule has 2 rings (SSSR count). The van der Waals surface area contributed by atoms with Crippen molar-refractivity contribution in [3.8, 4) is 5.75 Å². The average Bonchev–Trinajstić information content (AvgIpc) is 2.38. The Morgan fingerprint density at radius 2 is 2.33 bits per heavy atom. The van der Waals surface area contributed by atoms with Crippen molar-refractivity contribution in [2.45, 2.75) is 38.3 Å². The fourth-order valence-electron chi connectivity index (χ4n) is 2.15. The first-order valence-electron chi connectivity index (χ1n) is 6.47. The van der Waals surface area contributed by atoms with E-state index in [2.05, 4.69) is 0 Å². The van der Waals surface area contributed by atoms with Crippen molar-refractivity contribution in [3.63, 3.8) is 0 Å². The summed E-state index contributed by atoms with van der Waals surface area (Å²) >= 11 is 0. The minimum Gasteiger partial charge on any atom is -0.487 e. The van der Waals surface area contributed by atoms with E-state index < -0.39 is 0 Å². The maximum absolute atomic E-state index is 13.7. The van der Waals surface area contributed by atoms with Crippen molar-refractivity contribution in [2.24, 2.45) is 5.73 Å². The van der Waals surface area contributed by atoms with Crippen LogP contribution in [0.1, 0.15) is 37.8 Å².